The van der Waals surface area contributed by atoms with Crippen molar-refractivity contribution in [3.8, 4) is 0 Å². The Morgan fingerprint density at radius 3 is 1.61 bits per heavy atom. The zero-order chi connectivity index (χ0) is 14.7. The second-order valence-corrected chi connectivity index (χ2v) is 15.8. The summed E-state index contributed by atoms with van der Waals surface area (Å²) in [6.45, 7) is 20.2. The first-order valence-electron chi connectivity index (χ1n) is 6.44. The van der Waals surface area contributed by atoms with Crippen molar-refractivity contribution in [1.29, 1.82) is 0 Å². The summed E-state index contributed by atoms with van der Waals surface area (Å²) in [7, 11) is -3.60. The minimum atomic E-state index is -1.87. The van der Waals surface area contributed by atoms with Crippen LogP contribution in [0.5, 0.6) is 0 Å². The van der Waals surface area contributed by atoms with Gasteiger partial charge in [-0.2, -0.15) is 0 Å². The Kier molecular flexibility index (Phi) is 5.87. The molecule has 0 aromatic rings. The number of carbonyl (C=O) groups excluding carboxylic acids is 1. The Balaban J connectivity index is 4.88. The third-order valence-electron chi connectivity index (χ3n) is 2.11. The van der Waals surface area contributed by atoms with Gasteiger partial charge in [-0.05, 0) is 45.2 Å². The molecule has 0 aliphatic rings. The van der Waals surface area contributed by atoms with Gasteiger partial charge in [-0.1, -0.05) is 20.4 Å². The van der Waals surface area contributed by atoms with E-state index in [-0.39, 0.29) is 17.8 Å². The van der Waals surface area contributed by atoms with E-state index < -0.39 is 16.6 Å². The Hall–Kier alpha value is -0.556. The van der Waals surface area contributed by atoms with E-state index in [0.29, 0.717) is 5.76 Å². The SMILES string of the molecule is C=C(O[Si](C)(C)C)C(C(=O)O[Si](C)(C)C)C(C)C. The van der Waals surface area contributed by atoms with Crippen molar-refractivity contribution >= 4 is 22.6 Å². The maximum Gasteiger partial charge on any atom is 0.303 e. The molecule has 1 atom stereocenters. The van der Waals surface area contributed by atoms with Gasteiger partial charge in [-0.3, -0.25) is 4.79 Å². The molecule has 5 heteroatoms. The highest BCUT2D eigenvalue weighted by molar-refractivity contribution is 6.71. The molecule has 0 aliphatic carbocycles. The van der Waals surface area contributed by atoms with Crippen molar-refractivity contribution in [1.82, 2.24) is 0 Å². The molecule has 18 heavy (non-hydrogen) atoms. The van der Waals surface area contributed by atoms with Crippen molar-refractivity contribution in [3.05, 3.63) is 12.3 Å². The highest BCUT2D eigenvalue weighted by atomic mass is 28.4. The number of rotatable bonds is 6. The minimum Gasteiger partial charge on any atom is -0.547 e. The summed E-state index contributed by atoms with van der Waals surface area (Å²) in [6, 6.07) is 0. The number of hydrogen-bond acceptors (Lipinski definition) is 3. The fourth-order valence-electron chi connectivity index (χ4n) is 1.60. The van der Waals surface area contributed by atoms with Crippen LogP contribution in [-0.4, -0.2) is 22.6 Å². The largest absolute Gasteiger partial charge is 0.547 e. The predicted molar refractivity (Wildman–Crippen MR) is 81.3 cm³/mol. The Morgan fingerprint density at radius 2 is 1.33 bits per heavy atom. The van der Waals surface area contributed by atoms with E-state index in [9.17, 15) is 4.79 Å². The first-order valence-corrected chi connectivity index (χ1v) is 13.3. The summed E-state index contributed by atoms with van der Waals surface area (Å²) in [5.41, 5.74) is 0. The van der Waals surface area contributed by atoms with Crippen LogP contribution in [0.2, 0.25) is 39.3 Å². The van der Waals surface area contributed by atoms with Crippen LogP contribution in [0, 0.1) is 11.8 Å². The number of carbonyl (C=O) groups is 1. The molecule has 0 aromatic carbocycles. The van der Waals surface area contributed by atoms with Gasteiger partial charge in [0.15, 0.2) is 0 Å². The molecule has 0 aliphatic heterocycles. The van der Waals surface area contributed by atoms with Gasteiger partial charge < -0.3 is 8.85 Å². The maximum absolute atomic E-state index is 12.2. The molecule has 0 spiro atoms. The summed E-state index contributed by atoms with van der Waals surface area (Å²) in [5.74, 6) is 0.154. The summed E-state index contributed by atoms with van der Waals surface area (Å²) < 4.78 is 11.4. The van der Waals surface area contributed by atoms with Gasteiger partial charge in [0, 0.05) is 0 Å². The summed E-state index contributed by atoms with van der Waals surface area (Å²) in [6.07, 6.45) is 0. The first kappa shape index (κ1) is 17.4. The lowest BCUT2D eigenvalue weighted by Crippen LogP contribution is -2.37. The maximum atomic E-state index is 12.2. The Bertz CT molecular complexity index is 283. The highest BCUT2D eigenvalue weighted by Crippen LogP contribution is 2.26. The lowest BCUT2D eigenvalue weighted by Gasteiger charge is -2.30. The molecular formula is C13H28O3Si2. The summed E-state index contributed by atoms with van der Waals surface area (Å²) >= 11 is 0. The Morgan fingerprint density at radius 1 is 0.944 bits per heavy atom. The molecule has 0 fully saturated rings. The van der Waals surface area contributed by atoms with Gasteiger partial charge in [-0.15, -0.1) is 0 Å². The molecule has 0 rings (SSSR count). The first-order chi connectivity index (χ1) is 7.83. The van der Waals surface area contributed by atoms with Crippen LogP contribution in [0.1, 0.15) is 13.8 Å². The van der Waals surface area contributed by atoms with E-state index in [2.05, 4.69) is 26.2 Å². The fourth-order valence-corrected chi connectivity index (χ4v) is 3.24. The van der Waals surface area contributed by atoms with Crippen LogP contribution in [0.25, 0.3) is 0 Å². The Labute approximate surface area is 114 Å². The second-order valence-electron chi connectivity index (χ2n) is 6.94. The second kappa shape index (κ2) is 6.06. The van der Waals surface area contributed by atoms with Gasteiger partial charge in [0.2, 0.25) is 16.6 Å². The molecule has 0 radical (unpaired) electrons. The molecular weight excluding hydrogens is 260 g/mol. The number of hydrogen-bond donors (Lipinski definition) is 0. The van der Waals surface area contributed by atoms with E-state index in [0.717, 1.165) is 0 Å². The van der Waals surface area contributed by atoms with Gasteiger partial charge in [-0.25, -0.2) is 0 Å². The van der Waals surface area contributed by atoms with E-state index in [1.165, 1.54) is 0 Å². The molecule has 0 aromatic heterocycles. The van der Waals surface area contributed by atoms with Crippen LogP contribution in [0.15, 0.2) is 12.3 Å². The van der Waals surface area contributed by atoms with Crippen molar-refractivity contribution in [3.63, 3.8) is 0 Å². The predicted octanol–water partition coefficient (Wildman–Crippen LogP) is 4.00. The molecule has 0 saturated heterocycles. The normalized spacial score (nSPS) is 14.3. The molecule has 3 nitrogen and oxygen atoms in total. The third kappa shape index (κ3) is 7.01. The van der Waals surface area contributed by atoms with Crippen LogP contribution in [0.4, 0.5) is 0 Å². The standard InChI is InChI=1S/C13H28O3Si2/c1-10(2)12(11(3)15-17(4,5)6)13(14)16-18(7,8)9/h10,12H,3H2,1-2,4-9H3. The lowest BCUT2D eigenvalue weighted by atomic mass is 9.95. The molecule has 0 saturated carbocycles. The van der Waals surface area contributed by atoms with Crippen molar-refractivity contribution < 1.29 is 13.6 Å². The van der Waals surface area contributed by atoms with Crippen LogP contribution < -0.4 is 0 Å². The third-order valence-corrected chi connectivity index (χ3v) is 3.80. The van der Waals surface area contributed by atoms with Crippen LogP contribution in [-0.2, 0) is 13.6 Å². The quantitative estimate of drug-likeness (QED) is 0.547. The van der Waals surface area contributed by atoms with Crippen molar-refractivity contribution in [2.75, 3.05) is 0 Å². The molecule has 0 N–H and O–H groups in total. The van der Waals surface area contributed by atoms with E-state index in [1.54, 1.807) is 0 Å². The topological polar surface area (TPSA) is 35.5 Å². The van der Waals surface area contributed by atoms with Crippen LogP contribution >= 0.6 is 0 Å². The zero-order valence-corrected chi connectivity index (χ0v) is 15.1. The molecule has 1 unspecified atom stereocenters. The minimum absolute atomic E-state index is 0.137. The van der Waals surface area contributed by atoms with Gasteiger partial charge in [0.1, 0.15) is 5.92 Å². The van der Waals surface area contributed by atoms with E-state index in [1.807, 2.05) is 33.5 Å². The van der Waals surface area contributed by atoms with Crippen molar-refractivity contribution in [2.24, 2.45) is 11.8 Å². The molecule has 0 amide bonds. The molecule has 0 bridgehead atoms. The average molecular weight is 289 g/mol. The fraction of sp³-hybridized carbons (Fsp3) is 0.769. The van der Waals surface area contributed by atoms with Gasteiger partial charge >= 0.3 is 5.97 Å². The smallest absolute Gasteiger partial charge is 0.303 e. The van der Waals surface area contributed by atoms with E-state index >= 15 is 0 Å². The summed E-state index contributed by atoms with van der Waals surface area (Å²) in [5, 5.41) is 0. The van der Waals surface area contributed by atoms with E-state index in [4.69, 9.17) is 8.85 Å². The lowest BCUT2D eigenvalue weighted by molar-refractivity contribution is -0.140. The highest BCUT2D eigenvalue weighted by Gasteiger charge is 2.33. The van der Waals surface area contributed by atoms with Crippen LogP contribution in [0.3, 0.4) is 0 Å². The average Bonchev–Trinajstić information content (AvgIpc) is 1.93. The zero-order valence-electron chi connectivity index (χ0n) is 13.1. The monoisotopic (exact) mass is 288 g/mol. The molecule has 0 heterocycles. The van der Waals surface area contributed by atoms with Crippen molar-refractivity contribution in [2.45, 2.75) is 53.1 Å². The van der Waals surface area contributed by atoms with Gasteiger partial charge in [0.25, 0.3) is 0 Å². The molecule has 106 valence electrons. The summed E-state index contributed by atoms with van der Waals surface area (Å²) in [4.78, 5) is 12.2. The van der Waals surface area contributed by atoms with Gasteiger partial charge in [0.05, 0.1) is 5.76 Å².